The lowest BCUT2D eigenvalue weighted by atomic mass is 10.0. The lowest BCUT2D eigenvalue weighted by molar-refractivity contribution is -0.151. The smallest absolute Gasteiger partial charge is 0.373 e. The summed E-state index contributed by atoms with van der Waals surface area (Å²) >= 11 is 0. The van der Waals surface area contributed by atoms with Crippen LogP contribution in [0.2, 0.25) is 0 Å². The highest BCUT2D eigenvalue weighted by Crippen LogP contribution is 2.12. The Kier molecular flexibility index (Phi) is 7.16. The monoisotopic (exact) mass is 373 g/mol. The molecule has 0 radical (unpaired) electrons. The molecule has 1 N–H and O–H groups in total. The average Bonchev–Trinajstić information content (AvgIpc) is 3.13. The fourth-order valence-electron chi connectivity index (χ4n) is 2.40. The van der Waals surface area contributed by atoms with E-state index in [4.69, 9.17) is 9.15 Å². The number of carbonyl (C=O) groups is 3. The minimum atomic E-state index is -0.781. The summed E-state index contributed by atoms with van der Waals surface area (Å²) in [5, 5.41) is 2.72. The van der Waals surface area contributed by atoms with E-state index in [1.807, 2.05) is 44.2 Å². The molecule has 0 fully saturated rings. The summed E-state index contributed by atoms with van der Waals surface area (Å²) in [6.07, 6.45) is 0.179. The molecule has 1 amide bonds. The number of ether oxygens (including phenoxy) is 2. The molecule has 0 aliphatic heterocycles. The number of nitrogens with one attached hydrogen (secondary N) is 1. The van der Waals surface area contributed by atoms with Gasteiger partial charge in [0.15, 0.2) is 0 Å². The van der Waals surface area contributed by atoms with Crippen LogP contribution < -0.4 is 5.32 Å². The molecule has 1 atom stereocenters. The Morgan fingerprint density at radius 3 is 2.41 bits per heavy atom. The van der Waals surface area contributed by atoms with E-state index >= 15 is 0 Å². The maximum Gasteiger partial charge on any atom is 0.373 e. The Balaban J connectivity index is 1.91. The molecule has 2 aromatic rings. The molecule has 0 bridgehead atoms. The summed E-state index contributed by atoms with van der Waals surface area (Å²) in [7, 11) is 1.25. The zero-order valence-electron chi connectivity index (χ0n) is 15.6. The van der Waals surface area contributed by atoms with Crippen molar-refractivity contribution in [3.8, 4) is 0 Å². The fourth-order valence-corrected chi connectivity index (χ4v) is 2.40. The van der Waals surface area contributed by atoms with E-state index in [0.717, 1.165) is 5.56 Å². The first kappa shape index (κ1) is 20.2. The van der Waals surface area contributed by atoms with Crippen molar-refractivity contribution >= 4 is 17.8 Å². The van der Waals surface area contributed by atoms with Gasteiger partial charge in [-0.15, -0.1) is 0 Å². The maximum atomic E-state index is 12.4. The molecule has 0 aliphatic rings. The average molecular weight is 373 g/mol. The molecular weight excluding hydrogens is 350 g/mol. The molecule has 0 saturated carbocycles. The lowest BCUT2D eigenvalue weighted by Crippen LogP contribution is -2.45. The number of methoxy groups -OCH3 is 1. The number of furan rings is 1. The number of hydrogen-bond acceptors (Lipinski definition) is 6. The summed E-state index contributed by atoms with van der Waals surface area (Å²) in [6, 6.07) is 11.4. The van der Waals surface area contributed by atoms with Crippen LogP contribution in [0.25, 0.3) is 0 Å². The van der Waals surface area contributed by atoms with Gasteiger partial charge in [0.2, 0.25) is 11.7 Å². The Hall–Kier alpha value is -3.09. The topological polar surface area (TPSA) is 94.8 Å². The van der Waals surface area contributed by atoms with Gasteiger partial charge in [0.25, 0.3) is 0 Å². The Morgan fingerprint density at radius 2 is 1.78 bits per heavy atom. The van der Waals surface area contributed by atoms with E-state index in [9.17, 15) is 14.4 Å². The van der Waals surface area contributed by atoms with E-state index in [2.05, 4.69) is 10.1 Å². The lowest BCUT2D eigenvalue weighted by Gasteiger charge is -2.20. The summed E-state index contributed by atoms with van der Waals surface area (Å²) in [6.45, 7) is 3.49. The molecule has 144 valence electrons. The third-order valence-electron chi connectivity index (χ3n) is 3.85. The second kappa shape index (κ2) is 9.56. The second-order valence-electron chi connectivity index (χ2n) is 6.32. The van der Waals surface area contributed by atoms with Crippen LogP contribution >= 0.6 is 0 Å². The zero-order chi connectivity index (χ0) is 19.8. The number of benzene rings is 1. The Labute approximate surface area is 157 Å². The van der Waals surface area contributed by atoms with Crippen molar-refractivity contribution in [1.29, 1.82) is 0 Å². The third kappa shape index (κ3) is 5.99. The molecule has 0 unspecified atom stereocenters. The van der Waals surface area contributed by atoms with E-state index in [-0.39, 0.29) is 30.6 Å². The van der Waals surface area contributed by atoms with Crippen LogP contribution in [0, 0.1) is 5.92 Å². The van der Waals surface area contributed by atoms with Crippen LogP contribution in [-0.2, 0) is 32.1 Å². The first-order chi connectivity index (χ1) is 12.9. The predicted octanol–water partition coefficient (Wildman–Crippen LogP) is 2.49. The molecule has 0 aliphatic carbocycles. The molecule has 27 heavy (non-hydrogen) atoms. The second-order valence-corrected chi connectivity index (χ2v) is 6.32. The SMILES string of the molecule is COC(=O)c1ccc(COC(=O)[C@@H](NC(=O)Cc2ccccc2)C(C)C)o1. The van der Waals surface area contributed by atoms with Crippen LogP contribution in [0.1, 0.15) is 35.7 Å². The van der Waals surface area contributed by atoms with Gasteiger partial charge in [0, 0.05) is 0 Å². The van der Waals surface area contributed by atoms with Gasteiger partial charge in [-0.25, -0.2) is 9.59 Å². The number of rotatable bonds is 8. The molecule has 7 nitrogen and oxygen atoms in total. The summed E-state index contributed by atoms with van der Waals surface area (Å²) in [5.74, 6) is -1.26. The molecule has 1 aromatic carbocycles. The van der Waals surface area contributed by atoms with Crippen LogP contribution in [-0.4, -0.2) is 31.0 Å². The van der Waals surface area contributed by atoms with Crippen LogP contribution in [0.3, 0.4) is 0 Å². The molecule has 1 heterocycles. The highest BCUT2D eigenvalue weighted by atomic mass is 16.6. The van der Waals surface area contributed by atoms with E-state index < -0.39 is 18.0 Å². The van der Waals surface area contributed by atoms with Crippen LogP contribution in [0.5, 0.6) is 0 Å². The van der Waals surface area contributed by atoms with Gasteiger partial charge in [-0.3, -0.25) is 4.79 Å². The van der Waals surface area contributed by atoms with Gasteiger partial charge in [0.1, 0.15) is 18.4 Å². The summed E-state index contributed by atoms with van der Waals surface area (Å²) in [4.78, 5) is 36.0. The maximum absolute atomic E-state index is 12.4. The van der Waals surface area contributed by atoms with E-state index in [1.54, 1.807) is 0 Å². The van der Waals surface area contributed by atoms with E-state index in [1.165, 1.54) is 19.2 Å². The summed E-state index contributed by atoms with van der Waals surface area (Å²) in [5.41, 5.74) is 0.858. The number of carbonyl (C=O) groups excluding carboxylic acids is 3. The third-order valence-corrected chi connectivity index (χ3v) is 3.85. The van der Waals surface area contributed by atoms with Gasteiger partial charge in [0.05, 0.1) is 13.5 Å². The number of esters is 2. The number of hydrogen-bond donors (Lipinski definition) is 1. The van der Waals surface area contributed by atoms with Crippen molar-refractivity contribution in [2.75, 3.05) is 7.11 Å². The van der Waals surface area contributed by atoms with Crippen molar-refractivity contribution in [2.24, 2.45) is 5.92 Å². The first-order valence-electron chi connectivity index (χ1n) is 8.57. The molecule has 2 rings (SSSR count). The first-order valence-corrected chi connectivity index (χ1v) is 8.57. The standard InChI is InChI=1S/C20H23NO6/c1-13(2)18(21-17(22)11-14-7-5-4-6-8-14)20(24)26-12-15-9-10-16(27-15)19(23)25-3/h4-10,13,18H,11-12H2,1-3H3,(H,21,22)/t18-/m0/s1. The molecule has 7 heteroatoms. The van der Waals surface area contributed by atoms with Gasteiger partial charge in [-0.1, -0.05) is 44.2 Å². The van der Waals surface area contributed by atoms with Crippen molar-refractivity contribution in [3.05, 3.63) is 59.5 Å². The predicted molar refractivity (Wildman–Crippen MR) is 96.8 cm³/mol. The Bertz CT molecular complexity index is 781. The van der Waals surface area contributed by atoms with Crippen molar-refractivity contribution in [3.63, 3.8) is 0 Å². The molecule has 0 saturated heterocycles. The van der Waals surface area contributed by atoms with Crippen LogP contribution in [0.4, 0.5) is 0 Å². The minimum Gasteiger partial charge on any atom is -0.463 e. The normalized spacial score (nSPS) is 11.7. The molecule has 1 aromatic heterocycles. The van der Waals surface area contributed by atoms with Crippen molar-refractivity contribution in [2.45, 2.75) is 32.9 Å². The quantitative estimate of drug-likeness (QED) is 0.715. The molecule has 0 spiro atoms. The van der Waals surface area contributed by atoms with E-state index in [0.29, 0.717) is 5.76 Å². The number of amides is 1. The summed E-state index contributed by atoms with van der Waals surface area (Å²) < 4.78 is 15.0. The van der Waals surface area contributed by atoms with Gasteiger partial charge in [-0.05, 0) is 23.6 Å². The highest BCUT2D eigenvalue weighted by molar-refractivity contribution is 5.86. The van der Waals surface area contributed by atoms with Gasteiger partial charge in [-0.2, -0.15) is 0 Å². The van der Waals surface area contributed by atoms with Crippen LogP contribution in [0.15, 0.2) is 46.9 Å². The minimum absolute atomic E-state index is 0.0279. The molecular formula is C20H23NO6. The van der Waals surface area contributed by atoms with Gasteiger partial charge >= 0.3 is 11.9 Å². The Morgan fingerprint density at radius 1 is 1.07 bits per heavy atom. The van der Waals surface area contributed by atoms with Gasteiger partial charge < -0.3 is 19.2 Å². The largest absolute Gasteiger partial charge is 0.463 e. The fraction of sp³-hybridized carbons (Fsp3) is 0.350. The van der Waals surface area contributed by atoms with Crippen molar-refractivity contribution in [1.82, 2.24) is 5.32 Å². The van der Waals surface area contributed by atoms with Crippen molar-refractivity contribution < 1.29 is 28.3 Å². The zero-order valence-corrected chi connectivity index (χ0v) is 15.6. The highest BCUT2D eigenvalue weighted by Gasteiger charge is 2.26.